The second-order valence-electron chi connectivity index (χ2n) is 3.74. The van der Waals surface area contributed by atoms with Crippen molar-refractivity contribution >= 4 is 28.9 Å². The van der Waals surface area contributed by atoms with Crippen LogP contribution in [0.3, 0.4) is 0 Å². The molecule has 1 heterocycles. The summed E-state index contributed by atoms with van der Waals surface area (Å²) in [7, 11) is 0. The number of amides is 1. The smallest absolute Gasteiger partial charge is 0.246 e. The highest BCUT2D eigenvalue weighted by Crippen LogP contribution is 2.33. The Hall–Kier alpha value is -1.22. The minimum absolute atomic E-state index is 0.0235. The third kappa shape index (κ3) is 1.79. The van der Waals surface area contributed by atoms with E-state index in [1.165, 1.54) is 0 Å². The Morgan fingerprint density at radius 1 is 1.47 bits per heavy atom. The van der Waals surface area contributed by atoms with E-state index in [0.717, 1.165) is 23.4 Å². The van der Waals surface area contributed by atoms with Crippen molar-refractivity contribution in [1.29, 1.82) is 0 Å². The first-order valence-electron chi connectivity index (χ1n) is 4.99. The molecule has 2 N–H and O–H groups in total. The van der Waals surface area contributed by atoms with Gasteiger partial charge in [-0.3, -0.25) is 4.79 Å². The van der Waals surface area contributed by atoms with Crippen LogP contribution in [0.15, 0.2) is 12.1 Å². The van der Waals surface area contributed by atoms with Crippen LogP contribution in [0.1, 0.15) is 18.9 Å². The van der Waals surface area contributed by atoms with E-state index in [1.807, 2.05) is 26.0 Å². The second-order valence-corrected chi connectivity index (χ2v) is 4.18. The number of carbonyl (C=O) groups is 1. The van der Waals surface area contributed by atoms with Crippen molar-refractivity contribution in [3.05, 3.63) is 22.7 Å². The number of nitrogens with one attached hydrogen (secondary N) is 2. The van der Waals surface area contributed by atoms with Crippen LogP contribution in [-0.4, -0.2) is 11.9 Å². The molecule has 1 unspecified atom stereocenters. The molecule has 1 atom stereocenters. The lowest BCUT2D eigenvalue weighted by atomic mass is 10.1. The van der Waals surface area contributed by atoms with Gasteiger partial charge in [-0.2, -0.15) is 0 Å². The Balaban J connectivity index is 2.45. The van der Waals surface area contributed by atoms with Gasteiger partial charge < -0.3 is 10.6 Å². The van der Waals surface area contributed by atoms with Crippen LogP contribution in [0.5, 0.6) is 0 Å². The molecule has 0 radical (unpaired) electrons. The summed E-state index contributed by atoms with van der Waals surface area (Å²) in [4.78, 5) is 11.6. The van der Waals surface area contributed by atoms with E-state index < -0.39 is 0 Å². The maximum atomic E-state index is 11.6. The van der Waals surface area contributed by atoms with Crippen LogP contribution in [0.2, 0.25) is 5.02 Å². The van der Waals surface area contributed by atoms with E-state index in [4.69, 9.17) is 11.6 Å². The molecule has 1 aliphatic heterocycles. The van der Waals surface area contributed by atoms with Gasteiger partial charge in [-0.05, 0) is 31.0 Å². The maximum Gasteiger partial charge on any atom is 0.246 e. The molecular formula is C11H13ClN2O. The number of benzene rings is 1. The van der Waals surface area contributed by atoms with Gasteiger partial charge in [0.1, 0.15) is 6.04 Å². The molecule has 0 bridgehead atoms. The monoisotopic (exact) mass is 224 g/mol. The van der Waals surface area contributed by atoms with Crippen molar-refractivity contribution in [2.45, 2.75) is 26.3 Å². The first-order valence-corrected chi connectivity index (χ1v) is 5.37. The molecule has 1 aromatic carbocycles. The Bertz CT molecular complexity index is 417. The Morgan fingerprint density at radius 3 is 2.87 bits per heavy atom. The molecule has 15 heavy (non-hydrogen) atoms. The number of anilines is 2. The summed E-state index contributed by atoms with van der Waals surface area (Å²) in [6.07, 6.45) is 0.761. The lowest BCUT2D eigenvalue weighted by Gasteiger charge is -2.27. The Morgan fingerprint density at radius 2 is 2.20 bits per heavy atom. The van der Waals surface area contributed by atoms with Crippen molar-refractivity contribution in [3.8, 4) is 0 Å². The highest BCUT2D eigenvalue weighted by Gasteiger charge is 2.24. The summed E-state index contributed by atoms with van der Waals surface area (Å²) in [6.45, 7) is 3.90. The molecule has 0 saturated carbocycles. The summed E-state index contributed by atoms with van der Waals surface area (Å²) in [6, 6.07) is 3.52. The van der Waals surface area contributed by atoms with Crippen molar-refractivity contribution in [2.24, 2.45) is 0 Å². The molecule has 0 aromatic heterocycles. The zero-order valence-corrected chi connectivity index (χ0v) is 9.48. The fourth-order valence-electron chi connectivity index (χ4n) is 1.77. The van der Waals surface area contributed by atoms with Gasteiger partial charge in [-0.25, -0.2) is 0 Å². The predicted molar refractivity (Wildman–Crippen MR) is 62.5 cm³/mol. The van der Waals surface area contributed by atoms with Crippen LogP contribution in [0, 0.1) is 6.92 Å². The zero-order valence-electron chi connectivity index (χ0n) is 8.73. The van der Waals surface area contributed by atoms with E-state index in [-0.39, 0.29) is 11.9 Å². The van der Waals surface area contributed by atoms with Crippen molar-refractivity contribution in [3.63, 3.8) is 0 Å². The average molecular weight is 225 g/mol. The molecule has 1 aromatic rings. The highest BCUT2D eigenvalue weighted by atomic mass is 35.5. The minimum Gasteiger partial charge on any atom is -0.372 e. The summed E-state index contributed by atoms with van der Waals surface area (Å²) in [5, 5.41) is 6.76. The summed E-state index contributed by atoms with van der Waals surface area (Å²) in [5.74, 6) is 0.0235. The van der Waals surface area contributed by atoms with E-state index in [0.29, 0.717) is 5.02 Å². The van der Waals surface area contributed by atoms with E-state index in [1.54, 1.807) is 0 Å². The van der Waals surface area contributed by atoms with Gasteiger partial charge in [-0.15, -0.1) is 0 Å². The topological polar surface area (TPSA) is 41.1 Å². The maximum absolute atomic E-state index is 11.6. The molecule has 0 spiro atoms. The van der Waals surface area contributed by atoms with Crippen molar-refractivity contribution in [1.82, 2.24) is 0 Å². The summed E-state index contributed by atoms with van der Waals surface area (Å²) in [5.41, 5.74) is 2.73. The molecule has 0 saturated heterocycles. The number of hydrogen-bond acceptors (Lipinski definition) is 2. The summed E-state index contributed by atoms with van der Waals surface area (Å²) < 4.78 is 0. The SMILES string of the molecule is CCC1Nc2cc(Cl)cc(C)c2NC1=O. The Labute approximate surface area is 93.8 Å². The van der Waals surface area contributed by atoms with E-state index >= 15 is 0 Å². The van der Waals surface area contributed by atoms with Crippen LogP contribution in [0.25, 0.3) is 0 Å². The molecule has 4 heteroatoms. The number of fused-ring (bicyclic) bond motifs is 1. The first-order chi connectivity index (χ1) is 7.11. The van der Waals surface area contributed by atoms with E-state index in [2.05, 4.69) is 10.6 Å². The van der Waals surface area contributed by atoms with E-state index in [9.17, 15) is 4.79 Å². The molecular weight excluding hydrogens is 212 g/mol. The van der Waals surface area contributed by atoms with Gasteiger partial charge in [0.2, 0.25) is 5.91 Å². The quantitative estimate of drug-likeness (QED) is 0.770. The lowest BCUT2D eigenvalue weighted by Crippen LogP contribution is -2.38. The van der Waals surface area contributed by atoms with Gasteiger partial charge in [0.25, 0.3) is 0 Å². The standard InChI is InChI=1S/C11H13ClN2O/c1-3-8-11(15)14-10-6(2)4-7(12)5-9(10)13-8/h4-5,8,13H,3H2,1-2H3,(H,14,15). The van der Waals surface area contributed by atoms with Crippen molar-refractivity contribution < 1.29 is 4.79 Å². The molecule has 0 fully saturated rings. The van der Waals surface area contributed by atoms with Crippen LogP contribution in [0.4, 0.5) is 11.4 Å². The normalized spacial score (nSPS) is 19.1. The summed E-state index contributed by atoms with van der Waals surface area (Å²) >= 11 is 5.96. The third-order valence-electron chi connectivity index (χ3n) is 2.60. The number of carbonyl (C=O) groups excluding carboxylic acids is 1. The highest BCUT2D eigenvalue weighted by molar-refractivity contribution is 6.31. The van der Waals surface area contributed by atoms with Gasteiger partial charge in [-0.1, -0.05) is 18.5 Å². The fourth-order valence-corrected chi connectivity index (χ4v) is 2.05. The molecule has 1 aliphatic rings. The van der Waals surface area contributed by atoms with Crippen LogP contribution >= 0.6 is 11.6 Å². The number of rotatable bonds is 1. The first kappa shape index (κ1) is 10.3. The molecule has 80 valence electrons. The minimum atomic E-state index is -0.157. The van der Waals surface area contributed by atoms with Gasteiger partial charge in [0.05, 0.1) is 11.4 Å². The molecule has 0 aliphatic carbocycles. The number of halogens is 1. The van der Waals surface area contributed by atoms with Crippen LogP contribution in [-0.2, 0) is 4.79 Å². The molecule has 1 amide bonds. The number of aryl methyl sites for hydroxylation is 1. The average Bonchev–Trinajstić information content (AvgIpc) is 2.18. The predicted octanol–water partition coefficient (Wildman–Crippen LogP) is 2.79. The number of hydrogen-bond donors (Lipinski definition) is 2. The Kier molecular flexibility index (Phi) is 2.57. The van der Waals surface area contributed by atoms with Gasteiger partial charge >= 0.3 is 0 Å². The zero-order chi connectivity index (χ0) is 11.0. The third-order valence-corrected chi connectivity index (χ3v) is 2.82. The fraction of sp³-hybridized carbons (Fsp3) is 0.364. The lowest BCUT2D eigenvalue weighted by molar-refractivity contribution is -0.117. The molecule has 2 rings (SSSR count). The van der Waals surface area contributed by atoms with Crippen LogP contribution < -0.4 is 10.6 Å². The second kappa shape index (κ2) is 3.74. The molecule has 3 nitrogen and oxygen atoms in total. The largest absolute Gasteiger partial charge is 0.372 e. The van der Waals surface area contributed by atoms with Gasteiger partial charge in [0.15, 0.2) is 0 Å². The van der Waals surface area contributed by atoms with Crippen molar-refractivity contribution in [2.75, 3.05) is 10.6 Å². The van der Waals surface area contributed by atoms with Gasteiger partial charge in [0, 0.05) is 5.02 Å².